The number of imide groups is 2. The molecule has 0 radical (unpaired) electrons. The molecule has 67 heavy (non-hydrogen) atoms. The fourth-order valence-electron chi connectivity index (χ4n) is 8.39. The van der Waals surface area contributed by atoms with Crippen molar-refractivity contribution >= 4 is 63.9 Å². The molecular formula is C48H45ClN10O7S. The van der Waals surface area contributed by atoms with Crippen LogP contribution >= 0.6 is 22.9 Å². The third kappa shape index (κ3) is 9.07. The van der Waals surface area contributed by atoms with Gasteiger partial charge in [-0.05, 0) is 69.5 Å². The third-order valence-corrected chi connectivity index (χ3v) is 13.4. The van der Waals surface area contributed by atoms with Crippen molar-refractivity contribution in [1.82, 2.24) is 40.3 Å². The van der Waals surface area contributed by atoms with E-state index in [2.05, 4.69) is 50.0 Å². The summed E-state index contributed by atoms with van der Waals surface area (Å²) in [6.45, 7) is 9.14. The molecule has 6 heterocycles. The van der Waals surface area contributed by atoms with Gasteiger partial charge in [-0.15, -0.1) is 21.5 Å². The highest BCUT2D eigenvalue weighted by atomic mass is 35.5. The Kier molecular flexibility index (Phi) is 12.8. The van der Waals surface area contributed by atoms with E-state index >= 15 is 0 Å². The molecule has 0 saturated carbocycles. The number of benzene rings is 3. The zero-order valence-electron chi connectivity index (χ0n) is 37.0. The van der Waals surface area contributed by atoms with E-state index in [9.17, 15) is 24.0 Å². The molecule has 1 saturated heterocycles. The van der Waals surface area contributed by atoms with Crippen LogP contribution in [-0.2, 0) is 19.1 Å². The molecule has 0 spiro atoms. The highest BCUT2D eigenvalue weighted by Gasteiger charge is 2.45. The quantitative estimate of drug-likeness (QED) is 0.0751. The van der Waals surface area contributed by atoms with E-state index in [1.165, 1.54) is 4.88 Å². The second kappa shape index (κ2) is 19.0. The van der Waals surface area contributed by atoms with Crippen LogP contribution in [0.25, 0.3) is 16.4 Å². The summed E-state index contributed by atoms with van der Waals surface area (Å²) < 4.78 is 13.5. The Morgan fingerprint density at radius 1 is 0.910 bits per heavy atom. The number of nitrogens with one attached hydrogen (secondary N) is 3. The standard InChI is InChI=1S/C48H45ClN10O7S/c1-25-27(3)67-48-40(25)42(30-12-14-32(49)15-13-30)54-36(44-57-56-28(4)58(44)48)22-39(61)53-26(2)29-8-10-31(11-9-29)43-51-23-33(24-52-43)66-21-20-65-19-18-50-35-7-5-6-34-41(35)47(64)59(46(34)63)37-16-17-38(60)55-45(37)62/h5-15,23-24,26,36-37,50H,16-22H2,1-4H3,(H,53,61)(H,55,60,62)/t26-,36-,37?/m0/s1. The lowest BCUT2D eigenvalue weighted by Gasteiger charge is -2.27. The van der Waals surface area contributed by atoms with Crippen molar-refractivity contribution in [3.05, 3.63) is 134 Å². The van der Waals surface area contributed by atoms with Gasteiger partial charge in [0.1, 0.15) is 29.5 Å². The van der Waals surface area contributed by atoms with Gasteiger partial charge in [0.05, 0.1) is 54.9 Å². The number of amides is 5. The van der Waals surface area contributed by atoms with Gasteiger partial charge in [-0.25, -0.2) is 9.97 Å². The van der Waals surface area contributed by atoms with Crippen LogP contribution in [0.1, 0.15) is 97.8 Å². The van der Waals surface area contributed by atoms with E-state index in [1.807, 2.05) is 66.9 Å². The molecule has 6 aromatic rings. The fourth-order valence-corrected chi connectivity index (χ4v) is 9.73. The van der Waals surface area contributed by atoms with Gasteiger partial charge in [-0.2, -0.15) is 0 Å². The maximum Gasteiger partial charge on any atom is 0.264 e. The maximum absolute atomic E-state index is 13.7. The number of aromatic nitrogens is 5. The first kappa shape index (κ1) is 45.0. The number of hydrogen-bond acceptors (Lipinski definition) is 14. The Morgan fingerprint density at radius 3 is 2.40 bits per heavy atom. The van der Waals surface area contributed by atoms with Gasteiger partial charge < -0.3 is 20.1 Å². The normalized spacial score (nSPS) is 17.0. The van der Waals surface area contributed by atoms with Gasteiger partial charge in [0.2, 0.25) is 17.7 Å². The minimum absolute atomic E-state index is 0.0480. The molecule has 1 unspecified atom stereocenters. The number of piperidine rings is 1. The molecule has 19 heteroatoms. The Bertz CT molecular complexity index is 2950. The molecule has 17 nitrogen and oxygen atoms in total. The number of rotatable bonds is 15. The number of aryl methyl sites for hydroxylation is 2. The molecule has 342 valence electrons. The van der Waals surface area contributed by atoms with Crippen LogP contribution in [0.15, 0.2) is 84.1 Å². The largest absolute Gasteiger partial charge is 0.488 e. The van der Waals surface area contributed by atoms with E-state index in [0.29, 0.717) is 34.7 Å². The molecule has 3 N–H and O–H groups in total. The number of carbonyl (C=O) groups excluding carboxylic acids is 5. The molecule has 0 aliphatic carbocycles. The number of anilines is 1. The first-order valence-corrected chi connectivity index (χ1v) is 22.9. The van der Waals surface area contributed by atoms with Crippen molar-refractivity contribution in [2.75, 3.05) is 31.7 Å². The summed E-state index contributed by atoms with van der Waals surface area (Å²) in [5.41, 5.74) is 6.34. The van der Waals surface area contributed by atoms with Crippen molar-refractivity contribution in [2.24, 2.45) is 4.99 Å². The molecule has 3 aromatic heterocycles. The lowest BCUT2D eigenvalue weighted by atomic mass is 9.99. The number of halogens is 1. The highest BCUT2D eigenvalue weighted by molar-refractivity contribution is 7.15. The predicted octanol–water partition coefficient (Wildman–Crippen LogP) is 6.43. The Labute approximate surface area is 394 Å². The SMILES string of the molecule is Cc1sc2c(c1C)C(c1ccc(Cl)cc1)=N[C@@H](CC(=O)N[C@@H](C)c1ccc(-c3ncc(OCCOCCNc4cccc5c4C(=O)N(C4CCC(=O)NC4=O)C5=O)cn3)cc1)c1nnc(C)n1-2. The lowest BCUT2D eigenvalue weighted by molar-refractivity contribution is -0.136. The second-order valence-electron chi connectivity index (χ2n) is 16.3. The van der Waals surface area contributed by atoms with Crippen LogP contribution in [0.4, 0.5) is 5.69 Å². The maximum atomic E-state index is 13.7. The molecule has 3 aliphatic rings. The van der Waals surface area contributed by atoms with Crippen molar-refractivity contribution in [3.63, 3.8) is 0 Å². The summed E-state index contributed by atoms with van der Waals surface area (Å²) in [6, 6.07) is 18.2. The summed E-state index contributed by atoms with van der Waals surface area (Å²) in [5, 5.41) is 19.0. The number of hydrogen-bond donors (Lipinski definition) is 3. The average Bonchev–Trinajstić information content (AvgIpc) is 3.90. The lowest BCUT2D eigenvalue weighted by Crippen LogP contribution is -2.54. The van der Waals surface area contributed by atoms with E-state index in [4.69, 9.17) is 26.1 Å². The van der Waals surface area contributed by atoms with Gasteiger partial charge in [0, 0.05) is 45.2 Å². The molecule has 3 atom stereocenters. The van der Waals surface area contributed by atoms with Gasteiger partial charge >= 0.3 is 0 Å². The predicted molar refractivity (Wildman–Crippen MR) is 250 cm³/mol. The van der Waals surface area contributed by atoms with E-state index in [0.717, 1.165) is 49.3 Å². The van der Waals surface area contributed by atoms with Gasteiger partial charge in [0.15, 0.2) is 17.4 Å². The number of thiophene rings is 1. The summed E-state index contributed by atoms with van der Waals surface area (Å²) in [4.78, 5) is 80.5. The van der Waals surface area contributed by atoms with Crippen molar-refractivity contribution in [2.45, 2.75) is 65.1 Å². The van der Waals surface area contributed by atoms with Crippen molar-refractivity contribution in [1.29, 1.82) is 0 Å². The first-order chi connectivity index (χ1) is 32.4. The molecule has 0 bridgehead atoms. The monoisotopic (exact) mass is 940 g/mol. The third-order valence-electron chi connectivity index (χ3n) is 11.9. The van der Waals surface area contributed by atoms with Crippen LogP contribution in [0.5, 0.6) is 5.75 Å². The number of carbonyl (C=O) groups is 5. The topological polar surface area (TPSA) is 212 Å². The van der Waals surface area contributed by atoms with Crippen LogP contribution in [0, 0.1) is 20.8 Å². The zero-order valence-corrected chi connectivity index (χ0v) is 38.5. The summed E-state index contributed by atoms with van der Waals surface area (Å²) in [5.74, 6) is -0.105. The number of nitrogens with zero attached hydrogens (tertiary/aromatic N) is 7. The smallest absolute Gasteiger partial charge is 0.264 e. The van der Waals surface area contributed by atoms with Crippen LogP contribution in [0.3, 0.4) is 0 Å². The summed E-state index contributed by atoms with van der Waals surface area (Å²) in [7, 11) is 0. The van der Waals surface area contributed by atoms with Crippen LogP contribution < -0.4 is 20.7 Å². The van der Waals surface area contributed by atoms with Crippen molar-refractivity contribution < 1.29 is 33.4 Å². The fraction of sp³-hybridized carbons (Fsp3) is 0.292. The van der Waals surface area contributed by atoms with Crippen LogP contribution in [0.2, 0.25) is 5.02 Å². The molecular weight excluding hydrogens is 896 g/mol. The minimum Gasteiger partial charge on any atom is -0.488 e. The Morgan fingerprint density at radius 2 is 1.66 bits per heavy atom. The Balaban J connectivity index is 0.751. The zero-order chi connectivity index (χ0) is 46.9. The minimum atomic E-state index is -1.04. The second-order valence-corrected chi connectivity index (χ2v) is 18.0. The van der Waals surface area contributed by atoms with E-state index in [1.54, 1.807) is 41.9 Å². The first-order valence-electron chi connectivity index (χ1n) is 21.7. The molecule has 3 aromatic carbocycles. The van der Waals surface area contributed by atoms with Gasteiger partial charge in [-0.1, -0.05) is 54.1 Å². The van der Waals surface area contributed by atoms with Crippen LogP contribution in [-0.4, -0.2) is 97.3 Å². The summed E-state index contributed by atoms with van der Waals surface area (Å²) in [6.07, 6.45) is 3.37. The molecule has 1 fully saturated rings. The highest BCUT2D eigenvalue weighted by Crippen LogP contribution is 2.40. The molecule has 5 amide bonds. The van der Waals surface area contributed by atoms with Gasteiger partial charge in [0.25, 0.3) is 11.8 Å². The molecule has 9 rings (SSSR count). The number of ether oxygens (including phenoxy) is 2. The van der Waals surface area contributed by atoms with Crippen molar-refractivity contribution in [3.8, 4) is 22.1 Å². The number of aliphatic imine (C=N–C) groups is 1. The number of fused-ring (bicyclic) bond motifs is 4. The van der Waals surface area contributed by atoms with E-state index in [-0.39, 0.29) is 62.2 Å². The molecule has 3 aliphatic heterocycles. The van der Waals surface area contributed by atoms with Gasteiger partial charge in [-0.3, -0.25) is 43.7 Å². The Hall–Kier alpha value is -7.15. The summed E-state index contributed by atoms with van der Waals surface area (Å²) >= 11 is 7.92. The average molecular weight is 941 g/mol. The van der Waals surface area contributed by atoms with E-state index < -0.39 is 35.7 Å².